The molecule has 1 rings (SSSR count). The lowest BCUT2D eigenvalue weighted by molar-refractivity contribution is 0.0869. The molecule has 7 heteroatoms. The van der Waals surface area contributed by atoms with E-state index in [4.69, 9.17) is 15.2 Å². The number of nitrogens with one attached hydrogen (secondary N) is 1. The molecule has 0 aliphatic rings. The lowest BCUT2D eigenvalue weighted by Gasteiger charge is -2.09. The second-order valence-corrected chi connectivity index (χ2v) is 3.58. The number of aromatic nitrogens is 3. The number of hydrogen-bond donors (Lipinski definition) is 2. The molecular formula is C10H19N5O2. The van der Waals surface area contributed by atoms with Crippen LogP contribution in [0.4, 0.5) is 11.9 Å². The van der Waals surface area contributed by atoms with Crippen molar-refractivity contribution in [1.29, 1.82) is 0 Å². The maximum atomic E-state index is 5.53. The fraction of sp³-hybridized carbons (Fsp3) is 0.700. The van der Waals surface area contributed by atoms with Crippen molar-refractivity contribution in [2.75, 3.05) is 30.8 Å². The van der Waals surface area contributed by atoms with E-state index in [2.05, 4.69) is 20.3 Å². The van der Waals surface area contributed by atoms with Gasteiger partial charge in [0.25, 0.3) is 0 Å². The van der Waals surface area contributed by atoms with Gasteiger partial charge in [-0.05, 0) is 20.8 Å². The minimum Gasteiger partial charge on any atom is -0.464 e. The molecule has 0 bridgehead atoms. The second-order valence-electron chi connectivity index (χ2n) is 3.58. The molecule has 96 valence electrons. The molecule has 0 amide bonds. The summed E-state index contributed by atoms with van der Waals surface area (Å²) in [5.41, 5.74) is 5.53. The third-order valence-electron chi connectivity index (χ3n) is 1.74. The normalized spacial score (nSPS) is 10.6. The van der Waals surface area contributed by atoms with Crippen LogP contribution in [0, 0.1) is 0 Å². The molecule has 0 atom stereocenters. The minimum absolute atomic E-state index is 0.135. The number of nitrogens with zero attached hydrogens (tertiary/aromatic N) is 3. The van der Waals surface area contributed by atoms with Crippen LogP contribution in [0.2, 0.25) is 0 Å². The van der Waals surface area contributed by atoms with Crippen molar-refractivity contribution in [2.24, 2.45) is 0 Å². The van der Waals surface area contributed by atoms with E-state index in [0.29, 0.717) is 25.7 Å². The topological polar surface area (TPSA) is 95.2 Å². The minimum atomic E-state index is 0.135. The second kappa shape index (κ2) is 6.85. The van der Waals surface area contributed by atoms with Crippen LogP contribution in [0.1, 0.15) is 20.8 Å². The Hall–Kier alpha value is -1.63. The van der Waals surface area contributed by atoms with Crippen LogP contribution in [-0.2, 0) is 4.74 Å². The molecule has 0 unspecified atom stereocenters. The highest BCUT2D eigenvalue weighted by atomic mass is 16.5. The van der Waals surface area contributed by atoms with Gasteiger partial charge in [-0.1, -0.05) is 0 Å². The third kappa shape index (κ3) is 5.30. The van der Waals surface area contributed by atoms with E-state index in [-0.39, 0.29) is 18.1 Å². The predicted molar refractivity (Wildman–Crippen MR) is 65.0 cm³/mol. The maximum absolute atomic E-state index is 5.53. The molecule has 0 saturated heterocycles. The van der Waals surface area contributed by atoms with E-state index in [0.717, 1.165) is 0 Å². The maximum Gasteiger partial charge on any atom is 0.323 e. The monoisotopic (exact) mass is 241 g/mol. The molecule has 17 heavy (non-hydrogen) atoms. The predicted octanol–water partition coefficient (Wildman–Crippen LogP) is 0.689. The summed E-state index contributed by atoms with van der Waals surface area (Å²) < 4.78 is 10.5. The van der Waals surface area contributed by atoms with Gasteiger partial charge in [-0.3, -0.25) is 0 Å². The highest BCUT2D eigenvalue weighted by Gasteiger charge is 2.04. The summed E-state index contributed by atoms with van der Waals surface area (Å²) in [5, 5.41) is 2.99. The summed E-state index contributed by atoms with van der Waals surface area (Å²) in [6.45, 7) is 7.48. The van der Waals surface area contributed by atoms with Crippen molar-refractivity contribution >= 4 is 11.9 Å². The Labute approximate surface area is 101 Å². The van der Waals surface area contributed by atoms with Gasteiger partial charge in [-0.2, -0.15) is 15.0 Å². The summed E-state index contributed by atoms with van der Waals surface area (Å²) in [4.78, 5) is 11.8. The average Bonchev–Trinajstić information content (AvgIpc) is 2.24. The van der Waals surface area contributed by atoms with Crippen LogP contribution >= 0.6 is 0 Å². The first-order valence-electron chi connectivity index (χ1n) is 5.61. The molecular weight excluding hydrogens is 222 g/mol. The number of nitrogens with two attached hydrogens (primary N) is 1. The highest BCUT2D eigenvalue weighted by Crippen LogP contribution is 2.08. The van der Waals surface area contributed by atoms with Crippen molar-refractivity contribution in [3.8, 4) is 6.01 Å². The number of rotatable bonds is 7. The van der Waals surface area contributed by atoms with Crippen LogP contribution in [0.15, 0.2) is 0 Å². The molecule has 7 nitrogen and oxygen atoms in total. The van der Waals surface area contributed by atoms with Crippen LogP contribution in [0.25, 0.3) is 0 Å². The molecule has 1 aromatic heterocycles. The Kier molecular flexibility index (Phi) is 5.41. The van der Waals surface area contributed by atoms with Gasteiger partial charge in [0, 0.05) is 6.54 Å². The Morgan fingerprint density at radius 2 is 2.06 bits per heavy atom. The fourth-order valence-corrected chi connectivity index (χ4v) is 1.10. The first kappa shape index (κ1) is 13.4. The van der Waals surface area contributed by atoms with Gasteiger partial charge in [-0.25, -0.2) is 0 Å². The molecule has 0 aliphatic carbocycles. The zero-order valence-corrected chi connectivity index (χ0v) is 10.4. The first-order valence-corrected chi connectivity index (χ1v) is 5.61. The molecule has 1 heterocycles. The molecule has 0 fully saturated rings. The lowest BCUT2D eigenvalue weighted by atomic mass is 10.5. The molecule has 0 aliphatic heterocycles. The molecule has 0 spiro atoms. The first-order chi connectivity index (χ1) is 8.11. The number of ether oxygens (including phenoxy) is 2. The molecule has 0 aromatic carbocycles. The Morgan fingerprint density at radius 1 is 1.29 bits per heavy atom. The van der Waals surface area contributed by atoms with Crippen molar-refractivity contribution < 1.29 is 9.47 Å². The van der Waals surface area contributed by atoms with Gasteiger partial charge in [0.15, 0.2) is 0 Å². The third-order valence-corrected chi connectivity index (χ3v) is 1.74. The van der Waals surface area contributed by atoms with Gasteiger partial charge in [0.2, 0.25) is 11.9 Å². The Balaban J connectivity index is 2.46. The number of anilines is 2. The largest absolute Gasteiger partial charge is 0.464 e. The van der Waals surface area contributed by atoms with E-state index >= 15 is 0 Å². The fourth-order valence-electron chi connectivity index (χ4n) is 1.10. The molecule has 0 radical (unpaired) electrons. The zero-order valence-electron chi connectivity index (χ0n) is 10.4. The SMILES string of the molecule is CCOc1nc(N)nc(NCCOC(C)C)n1. The lowest BCUT2D eigenvalue weighted by Crippen LogP contribution is -2.15. The Morgan fingerprint density at radius 3 is 2.71 bits per heavy atom. The van der Waals surface area contributed by atoms with Crippen LogP contribution in [0.5, 0.6) is 6.01 Å². The van der Waals surface area contributed by atoms with Crippen LogP contribution < -0.4 is 15.8 Å². The van der Waals surface area contributed by atoms with Gasteiger partial charge in [0.05, 0.1) is 19.3 Å². The van der Waals surface area contributed by atoms with E-state index in [9.17, 15) is 0 Å². The van der Waals surface area contributed by atoms with Crippen LogP contribution in [-0.4, -0.2) is 40.8 Å². The molecule has 1 aromatic rings. The average molecular weight is 241 g/mol. The van der Waals surface area contributed by atoms with Gasteiger partial charge in [0.1, 0.15) is 0 Å². The van der Waals surface area contributed by atoms with Crippen LogP contribution in [0.3, 0.4) is 0 Å². The van der Waals surface area contributed by atoms with Gasteiger partial charge >= 0.3 is 6.01 Å². The van der Waals surface area contributed by atoms with E-state index in [1.165, 1.54) is 0 Å². The summed E-state index contributed by atoms with van der Waals surface area (Å²) in [6.07, 6.45) is 0.208. The summed E-state index contributed by atoms with van der Waals surface area (Å²) in [6, 6.07) is 0.229. The quantitative estimate of drug-likeness (QED) is 0.678. The smallest absolute Gasteiger partial charge is 0.323 e. The van der Waals surface area contributed by atoms with Crippen molar-refractivity contribution in [3.05, 3.63) is 0 Å². The Bertz CT molecular complexity index is 345. The van der Waals surface area contributed by atoms with Crippen molar-refractivity contribution in [2.45, 2.75) is 26.9 Å². The zero-order chi connectivity index (χ0) is 12.7. The standard InChI is InChI=1S/C10H19N5O2/c1-4-16-10-14-8(11)13-9(15-10)12-5-6-17-7(2)3/h7H,4-6H2,1-3H3,(H3,11,12,13,14,15). The van der Waals surface area contributed by atoms with Crippen molar-refractivity contribution in [3.63, 3.8) is 0 Å². The summed E-state index contributed by atoms with van der Waals surface area (Å²) in [7, 11) is 0. The molecule has 3 N–H and O–H groups in total. The summed E-state index contributed by atoms with van der Waals surface area (Å²) in [5.74, 6) is 0.532. The number of nitrogen functional groups attached to an aromatic ring is 1. The number of hydrogen-bond acceptors (Lipinski definition) is 7. The van der Waals surface area contributed by atoms with Gasteiger partial charge in [-0.15, -0.1) is 0 Å². The summed E-state index contributed by atoms with van der Waals surface area (Å²) >= 11 is 0. The molecule has 0 saturated carbocycles. The van der Waals surface area contributed by atoms with E-state index < -0.39 is 0 Å². The van der Waals surface area contributed by atoms with Gasteiger partial charge < -0.3 is 20.5 Å². The van der Waals surface area contributed by atoms with Crippen molar-refractivity contribution in [1.82, 2.24) is 15.0 Å². The highest BCUT2D eigenvalue weighted by molar-refractivity contribution is 5.32. The van der Waals surface area contributed by atoms with E-state index in [1.807, 2.05) is 20.8 Å². The van der Waals surface area contributed by atoms with E-state index in [1.54, 1.807) is 0 Å².